The average Bonchev–Trinajstić information content (AvgIpc) is 2.65. The largest absolute Gasteiger partial charge is 0.481 e. The summed E-state index contributed by atoms with van der Waals surface area (Å²) in [4.78, 5) is 48.4. The van der Waals surface area contributed by atoms with Crippen LogP contribution in [0.15, 0.2) is 60.7 Å². The molecule has 2 atom stereocenters. The summed E-state index contributed by atoms with van der Waals surface area (Å²) in [6, 6.07) is 14.0. The van der Waals surface area contributed by atoms with E-state index in [1.165, 1.54) is 48.5 Å². The van der Waals surface area contributed by atoms with Crippen molar-refractivity contribution in [2.24, 2.45) is 0 Å². The maximum Gasteiger partial charge on any atom is 0.316 e. The van der Waals surface area contributed by atoms with Gasteiger partial charge in [-0.25, -0.2) is 0 Å². The molecule has 0 saturated carbocycles. The first-order valence-electron chi connectivity index (χ1n) is 8.20. The monoisotopic (exact) mass is 386 g/mol. The van der Waals surface area contributed by atoms with Crippen LogP contribution < -0.4 is 0 Å². The Morgan fingerprint density at radius 1 is 0.571 bits per heavy atom. The van der Waals surface area contributed by atoms with E-state index in [0.29, 0.717) is 0 Å². The molecule has 0 aliphatic rings. The zero-order valence-corrected chi connectivity index (χ0v) is 14.6. The molecule has 0 aliphatic carbocycles. The van der Waals surface area contributed by atoms with Crippen molar-refractivity contribution >= 4 is 23.9 Å². The van der Waals surface area contributed by atoms with Crippen LogP contribution in [-0.2, 0) is 30.0 Å². The van der Waals surface area contributed by atoms with Crippen molar-refractivity contribution in [1.29, 1.82) is 0 Å². The highest BCUT2D eigenvalue weighted by molar-refractivity contribution is 6.00. The lowest BCUT2D eigenvalue weighted by Crippen LogP contribution is -2.60. The van der Waals surface area contributed by atoms with Gasteiger partial charge < -0.3 is 20.4 Å². The number of rotatable bonds is 9. The normalized spacial score (nSPS) is 15.0. The fourth-order valence-corrected chi connectivity index (χ4v) is 3.66. The number of aliphatic carboxylic acids is 4. The Kier molecular flexibility index (Phi) is 5.83. The van der Waals surface area contributed by atoms with Crippen LogP contribution in [-0.4, -0.2) is 44.3 Å². The van der Waals surface area contributed by atoms with Crippen molar-refractivity contribution < 1.29 is 39.6 Å². The summed E-state index contributed by atoms with van der Waals surface area (Å²) >= 11 is 0. The van der Waals surface area contributed by atoms with Gasteiger partial charge in [0.05, 0.1) is 12.8 Å². The Labute approximate surface area is 159 Å². The zero-order valence-electron chi connectivity index (χ0n) is 14.6. The van der Waals surface area contributed by atoms with Gasteiger partial charge in [0.1, 0.15) is 10.8 Å². The molecule has 2 aromatic carbocycles. The van der Waals surface area contributed by atoms with Crippen LogP contribution in [0.2, 0.25) is 0 Å². The van der Waals surface area contributed by atoms with Crippen LogP contribution in [0.25, 0.3) is 0 Å². The average molecular weight is 386 g/mol. The van der Waals surface area contributed by atoms with Crippen molar-refractivity contribution in [2.75, 3.05) is 0 Å². The van der Waals surface area contributed by atoms with E-state index in [9.17, 15) is 39.6 Å². The highest BCUT2D eigenvalue weighted by atomic mass is 16.4. The lowest BCUT2D eigenvalue weighted by molar-refractivity contribution is -0.166. The Bertz CT molecular complexity index is 817. The molecule has 0 spiro atoms. The van der Waals surface area contributed by atoms with Gasteiger partial charge >= 0.3 is 23.9 Å². The summed E-state index contributed by atoms with van der Waals surface area (Å²) < 4.78 is 0. The van der Waals surface area contributed by atoms with E-state index < -0.39 is 47.5 Å². The van der Waals surface area contributed by atoms with Gasteiger partial charge in [-0.15, -0.1) is 0 Å². The highest BCUT2D eigenvalue weighted by Crippen LogP contribution is 2.50. The maximum absolute atomic E-state index is 12.5. The van der Waals surface area contributed by atoms with Crippen molar-refractivity contribution in [3.63, 3.8) is 0 Å². The molecule has 0 radical (unpaired) electrons. The number of carboxylic acid groups (broad SMARTS) is 4. The number of benzene rings is 2. The van der Waals surface area contributed by atoms with Crippen LogP contribution in [0.5, 0.6) is 0 Å². The zero-order chi connectivity index (χ0) is 20.9. The van der Waals surface area contributed by atoms with Crippen LogP contribution in [0.4, 0.5) is 0 Å². The third-order valence-corrected chi connectivity index (χ3v) is 4.82. The van der Waals surface area contributed by atoms with Gasteiger partial charge in [0, 0.05) is 0 Å². The molecule has 0 aliphatic heterocycles. The molecule has 28 heavy (non-hydrogen) atoms. The Morgan fingerprint density at radius 3 is 1.07 bits per heavy atom. The SMILES string of the molecule is O=C(O)CC(C(=O)O)(c1ccccc1)C(CC(=O)O)(C(=O)O)c1ccccc1. The van der Waals surface area contributed by atoms with E-state index in [0.717, 1.165) is 0 Å². The Balaban J connectivity index is 3.05. The third kappa shape index (κ3) is 3.32. The van der Waals surface area contributed by atoms with Gasteiger partial charge in [-0.1, -0.05) is 60.7 Å². The molecule has 8 heteroatoms. The predicted molar refractivity (Wildman–Crippen MR) is 96.0 cm³/mol. The predicted octanol–water partition coefficient (Wildman–Crippen LogP) is 1.98. The summed E-state index contributed by atoms with van der Waals surface area (Å²) in [5, 5.41) is 39.3. The maximum atomic E-state index is 12.5. The molecule has 0 fully saturated rings. The van der Waals surface area contributed by atoms with E-state index in [1.54, 1.807) is 12.1 Å². The van der Waals surface area contributed by atoms with Gasteiger partial charge in [-0.05, 0) is 11.1 Å². The third-order valence-electron chi connectivity index (χ3n) is 4.82. The quantitative estimate of drug-likeness (QED) is 0.511. The molecule has 0 bridgehead atoms. The number of hydrogen-bond donors (Lipinski definition) is 4. The van der Waals surface area contributed by atoms with Crippen LogP contribution in [0.1, 0.15) is 24.0 Å². The van der Waals surface area contributed by atoms with Gasteiger partial charge in [-0.2, -0.15) is 0 Å². The smallest absolute Gasteiger partial charge is 0.316 e. The second kappa shape index (κ2) is 7.91. The first-order valence-corrected chi connectivity index (χ1v) is 8.20. The van der Waals surface area contributed by atoms with Gasteiger partial charge in [0.15, 0.2) is 0 Å². The summed E-state index contributed by atoms with van der Waals surface area (Å²) in [7, 11) is 0. The molecule has 2 aromatic rings. The van der Waals surface area contributed by atoms with Gasteiger partial charge in [0.2, 0.25) is 0 Å². The lowest BCUT2D eigenvalue weighted by Gasteiger charge is -2.44. The highest BCUT2D eigenvalue weighted by Gasteiger charge is 2.65. The molecular formula is C20H18O8. The van der Waals surface area contributed by atoms with Crippen molar-refractivity contribution in [2.45, 2.75) is 23.7 Å². The van der Waals surface area contributed by atoms with Crippen LogP contribution in [0.3, 0.4) is 0 Å². The fraction of sp³-hybridized carbons (Fsp3) is 0.200. The molecular weight excluding hydrogens is 368 g/mol. The van der Waals surface area contributed by atoms with E-state index in [1.807, 2.05) is 0 Å². The minimum atomic E-state index is -2.58. The lowest BCUT2D eigenvalue weighted by atomic mass is 9.54. The van der Waals surface area contributed by atoms with Crippen LogP contribution >= 0.6 is 0 Å². The number of hydrogen-bond acceptors (Lipinski definition) is 4. The molecule has 0 saturated heterocycles. The molecule has 0 aromatic heterocycles. The minimum absolute atomic E-state index is 0.114. The summed E-state index contributed by atoms with van der Waals surface area (Å²) in [6.07, 6.45) is -2.25. The second-order valence-electron chi connectivity index (χ2n) is 6.29. The van der Waals surface area contributed by atoms with Crippen LogP contribution in [0, 0.1) is 0 Å². The second-order valence-corrected chi connectivity index (χ2v) is 6.29. The fourth-order valence-electron chi connectivity index (χ4n) is 3.66. The Hall–Kier alpha value is -3.68. The molecule has 2 unspecified atom stereocenters. The first-order chi connectivity index (χ1) is 13.2. The first kappa shape index (κ1) is 20.6. The van der Waals surface area contributed by atoms with Gasteiger partial charge in [-0.3, -0.25) is 19.2 Å². The molecule has 8 nitrogen and oxygen atoms in total. The van der Waals surface area contributed by atoms with Crippen molar-refractivity contribution in [3.8, 4) is 0 Å². The standard InChI is InChI=1S/C20H18O8/c21-15(22)11-19(17(25)26,13-7-3-1-4-8-13)20(18(27)28,12-16(23)24)14-9-5-2-6-10-14/h1-10H,11-12H2,(H,21,22)(H,23,24)(H,25,26)(H,27,28). The molecule has 4 N–H and O–H groups in total. The van der Waals surface area contributed by atoms with E-state index >= 15 is 0 Å². The number of carbonyl (C=O) groups is 4. The topological polar surface area (TPSA) is 149 Å². The molecule has 146 valence electrons. The van der Waals surface area contributed by atoms with E-state index in [4.69, 9.17) is 0 Å². The molecule has 0 heterocycles. The minimum Gasteiger partial charge on any atom is -0.481 e. The molecule has 0 amide bonds. The summed E-state index contributed by atoms with van der Waals surface area (Å²) in [5.74, 6) is -6.63. The van der Waals surface area contributed by atoms with Crippen molar-refractivity contribution in [3.05, 3.63) is 71.8 Å². The number of carboxylic acids is 4. The summed E-state index contributed by atoms with van der Waals surface area (Å²) in [6.45, 7) is 0. The summed E-state index contributed by atoms with van der Waals surface area (Å²) in [5.41, 5.74) is -5.38. The Morgan fingerprint density at radius 2 is 0.857 bits per heavy atom. The van der Waals surface area contributed by atoms with Crippen molar-refractivity contribution in [1.82, 2.24) is 0 Å². The van der Waals surface area contributed by atoms with E-state index in [2.05, 4.69) is 0 Å². The van der Waals surface area contributed by atoms with E-state index in [-0.39, 0.29) is 11.1 Å². The molecule has 2 rings (SSSR count). The van der Waals surface area contributed by atoms with Gasteiger partial charge in [0.25, 0.3) is 0 Å².